The van der Waals surface area contributed by atoms with E-state index in [0.717, 1.165) is 10.6 Å². The molecule has 0 atom stereocenters. The van der Waals surface area contributed by atoms with Gasteiger partial charge in [-0.2, -0.15) is 0 Å². The number of benzene rings is 1. The van der Waals surface area contributed by atoms with Crippen LogP contribution in [0.25, 0.3) is 0 Å². The van der Waals surface area contributed by atoms with Crippen LogP contribution >= 0.6 is 35.2 Å². The molecule has 0 unspecified atom stereocenters. The Morgan fingerprint density at radius 2 is 2.09 bits per heavy atom. The van der Waals surface area contributed by atoms with E-state index in [2.05, 4.69) is 35.2 Å². The number of rotatable bonds is 1. The standard InChI is InChI=1S/C8H9IOS/c1-5-7(9)3-6(10-2)4-8(5)11/h3-4,11H,1-2H3. The zero-order valence-corrected chi connectivity index (χ0v) is 9.44. The summed E-state index contributed by atoms with van der Waals surface area (Å²) >= 11 is 6.58. The predicted octanol–water partition coefficient (Wildman–Crippen LogP) is 2.90. The Kier molecular flexibility index (Phi) is 3.06. The molecule has 11 heavy (non-hydrogen) atoms. The van der Waals surface area contributed by atoms with Gasteiger partial charge >= 0.3 is 0 Å². The Morgan fingerprint density at radius 1 is 1.45 bits per heavy atom. The first-order valence-corrected chi connectivity index (χ1v) is 4.71. The molecule has 0 aromatic heterocycles. The molecule has 0 saturated carbocycles. The van der Waals surface area contributed by atoms with E-state index in [-0.39, 0.29) is 0 Å². The average Bonchev–Trinajstić information content (AvgIpc) is 1.99. The molecule has 0 aliphatic heterocycles. The normalized spacial score (nSPS) is 9.82. The minimum Gasteiger partial charge on any atom is -0.497 e. The van der Waals surface area contributed by atoms with Crippen molar-refractivity contribution < 1.29 is 4.74 Å². The van der Waals surface area contributed by atoms with E-state index in [9.17, 15) is 0 Å². The van der Waals surface area contributed by atoms with Gasteiger partial charge in [0, 0.05) is 8.47 Å². The summed E-state index contributed by atoms with van der Waals surface area (Å²) < 4.78 is 6.26. The van der Waals surface area contributed by atoms with Crippen LogP contribution in [0.15, 0.2) is 17.0 Å². The summed E-state index contributed by atoms with van der Waals surface area (Å²) in [6.45, 7) is 2.05. The number of hydrogen-bond donors (Lipinski definition) is 1. The summed E-state index contributed by atoms with van der Waals surface area (Å²) in [6, 6.07) is 3.91. The van der Waals surface area contributed by atoms with Crippen LogP contribution in [-0.2, 0) is 0 Å². The van der Waals surface area contributed by atoms with Gasteiger partial charge in [0.05, 0.1) is 7.11 Å². The van der Waals surface area contributed by atoms with Gasteiger partial charge in [0.1, 0.15) is 5.75 Å². The smallest absolute Gasteiger partial charge is 0.121 e. The second-order valence-electron chi connectivity index (χ2n) is 2.25. The van der Waals surface area contributed by atoms with Crippen molar-refractivity contribution in [2.24, 2.45) is 0 Å². The van der Waals surface area contributed by atoms with Gasteiger partial charge < -0.3 is 4.74 Å². The van der Waals surface area contributed by atoms with Gasteiger partial charge in [0.15, 0.2) is 0 Å². The Labute approximate surface area is 85.7 Å². The van der Waals surface area contributed by atoms with Crippen LogP contribution in [-0.4, -0.2) is 7.11 Å². The highest BCUT2D eigenvalue weighted by Gasteiger charge is 2.01. The first kappa shape index (κ1) is 9.19. The lowest BCUT2D eigenvalue weighted by Crippen LogP contribution is -1.87. The molecule has 0 heterocycles. The first-order valence-electron chi connectivity index (χ1n) is 3.18. The maximum Gasteiger partial charge on any atom is 0.121 e. The average molecular weight is 280 g/mol. The SMILES string of the molecule is COc1cc(S)c(C)c(I)c1. The molecule has 0 saturated heterocycles. The van der Waals surface area contributed by atoms with Crippen molar-refractivity contribution in [1.29, 1.82) is 0 Å². The molecular weight excluding hydrogens is 271 g/mol. The van der Waals surface area contributed by atoms with Crippen LogP contribution in [0.4, 0.5) is 0 Å². The van der Waals surface area contributed by atoms with E-state index in [0.29, 0.717) is 0 Å². The maximum atomic E-state index is 5.08. The summed E-state index contributed by atoms with van der Waals surface area (Å²) in [5.41, 5.74) is 1.20. The van der Waals surface area contributed by atoms with Gasteiger partial charge in [-0.1, -0.05) is 0 Å². The van der Waals surface area contributed by atoms with Crippen molar-refractivity contribution in [3.8, 4) is 5.75 Å². The first-order chi connectivity index (χ1) is 5.15. The van der Waals surface area contributed by atoms with Crippen molar-refractivity contribution in [3.63, 3.8) is 0 Å². The monoisotopic (exact) mass is 280 g/mol. The van der Waals surface area contributed by atoms with Crippen LogP contribution in [0, 0.1) is 10.5 Å². The number of halogens is 1. The van der Waals surface area contributed by atoms with E-state index in [1.165, 1.54) is 9.13 Å². The Balaban J connectivity index is 3.21. The summed E-state index contributed by atoms with van der Waals surface area (Å²) in [7, 11) is 1.66. The fourth-order valence-corrected chi connectivity index (χ4v) is 1.82. The molecule has 1 rings (SSSR count). The fraction of sp³-hybridized carbons (Fsp3) is 0.250. The number of methoxy groups -OCH3 is 1. The summed E-state index contributed by atoms with van der Waals surface area (Å²) in [4.78, 5) is 0.980. The minimum absolute atomic E-state index is 0.866. The highest BCUT2D eigenvalue weighted by molar-refractivity contribution is 14.1. The highest BCUT2D eigenvalue weighted by atomic mass is 127. The molecule has 0 N–H and O–H groups in total. The van der Waals surface area contributed by atoms with Crippen molar-refractivity contribution in [2.45, 2.75) is 11.8 Å². The second-order valence-corrected chi connectivity index (χ2v) is 3.90. The Bertz CT molecular complexity index is 250. The van der Waals surface area contributed by atoms with Crippen molar-refractivity contribution >= 4 is 35.2 Å². The third-order valence-corrected chi connectivity index (χ3v) is 3.11. The van der Waals surface area contributed by atoms with Gasteiger partial charge in [-0.25, -0.2) is 0 Å². The molecule has 1 aromatic carbocycles. The van der Waals surface area contributed by atoms with Gasteiger partial charge in [-0.05, 0) is 47.2 Å². The molecule has 60 valence electrons. The summed E-state index contributed by atoms with van der Waals surface area (Å²) in [5, 5.41) is 0. The highest BCUT2D eigenvalue weighted by Crippen LogP contribution is 2.25. The maximum absolute atomic E-state index is 5.08. The molecule has 0 aliphatic carbocycles. The van der Waals surface area contributed by atoms with Crippen molar-refractivity contribution in [3.05, 3.63) is 21.3 Å². The predicted molar refractivity (Wildman–Crippen MR) is 57.7 cm³/mol. The summed E-state index contributed by atoms with van der Waals surface area (Å²) in [5.74, 6) is 0.866. The molecule has 0 radical (unpaired) electrons. The topological polar surface area (TPSA) is 9.23 Å². The minimum atomic E-state index is 0.866. The van der Waals surface area contributed by atoms with Crippen LogP contribution in [0.3, 0.4) is 0 Å². The molecule has 0 amide bonds. The van der Waals surface area contributed by atoms with Crippen LogP contribution < -0.4 is 4.74 Å². The van der Waals surface area contributed by atoms with E-state index >= 15 is 0 Å². The van der Waals surface area contributed by atoms with E-state index in [1.807, 2.05) is 19.1 Å². The van der Waals surface area contributed by atoms with Crippen molar-refractivity contribution in [1.82, 2.24) is 0 Å². The zero-order valence-electron chi connectivity index (χ0n) is 6.39. The number of thiol groups is 1. The van der Waals surface area contributed by atoms with E-state index < -0.39 is 0 Å². The Morgan fingerprint density at radius 3 is 2.55 bits per heavy atom. The second kappa shape index (κ2) is 3.67. The molecule has 0 bridgehead atoms. The molecule has 0 spiro atoms. The summed E-state index contributed by atoms with van der Waals surface area (Å²) in [6.07, 6.45) is 0. The van der Waals surface area contributed by atoms with Gasteiger partial charge in [-0.3, -0.25) is 0 Å². The van der Waals surface area contributed by atoms with Crippen LogP contribution in [0.2, 0.25) is 0 Å². The molecule has 0 fully saturated rings. The van der Waals surface area contributed by atoms with Crippen LogP contribution in [0.1, 0.15) is 5.56 Å². The molecule has 3 heteroatoms. The number of hydrogen-bond acceptors (Lipinski definition) is 2. The van der Waals surface area contributed by atoms with Gasteiger partial charge in [0.2, 0.25) is 0 Å². The van der Waals surface area contributed by atoms with Crippen LogP contribution in [0.5, 0.6) is 5.75 Å². The largest absolute Gasteiger partial charge is 0.497 e. The molecule has 0 aliphatic rings. The van der Waals surface area contributed by atoms with Gasteiger partial charge in [-0.15, -0.1) is 12.6 Å². The molecular formula is C8H9IOS. The Hall–Kier alpha value is 0.1000. The van der Waals surface area contributed by atoms with Crippen molar-refractivity contribution in [2.75, 3.05) is 7.11 Å². The lowest BCUT2D eigenvalue weighted by atomic mass is 10.2. The molecule has 1 aromatic rings. The third-order valence-electron chi connectivity index (χ3n) is 1.53. The lowest BCUT2D eigenvalue weighted by molar-refractivity contribution is 0.413. The quantitative estimate of drug-likeness (QED) is 0.614. The van der Waals surface area contributed by atoms with Gasteiger partial charge in [0.25, 0.3) is 0 Å². The number of ether oxygens (including phenoxy) is 1. The molecule has 1 nitrogen and oxygen atoms in total. The van der Waals surface area contributed by atoms with E-state index in [4.69, 9.17) is 4.74 Å². The lowest BCUT2D eigenvalue weighted by Gasteiger charge is -2.05. The third kappa shape index (κ3) is 2.02. The fourth-order valence-electron chi connectivity index (χ4n) is 0.758. The zero-order chi connectivity index (χ0) is 8.43. The van der Waals surface area contributed by atoms with E-state index in [1.54, 1.807) is 7.11 Å².